The zero-order valence-corrected chi connectivity index (χ0v) is 17.3. The van der Waals surface area contributed by atoms with E-state index in [2.05, 4.69) is 10.5 Å². The lowest BCUT2D eigenvalue weighted by Crippen LogP contribution is -2.39. The maximum Gasteiger partial charge on any atom is 0.289 e. The van der Waals surface area contributed by atoms with Crippen molar-refractivity contribution in [3.8, 4) is 0 Å². The first-order valence-corrected chi connectivity index (χ1v) is 10.6. The predicted molar refractivity (Wildman–Crippen MR) is 116 cm³/mol. The molecule has 0 fully saturated rings. The number of amides is 1. The molecule has 0 radical (unpaired) electrons. The summed E-state index contributed by atoms with van der Waals surface area (Å²) < 4.78 is 40.3. The number of rotatable bonds is 8. The molecule has 0 heterocycles. The van der Waals surface area contributed by atoms with Crippen LogP contribution in [0.25, 0.3) is 0 Å². The topological polar surface area (TPSA) is 122 Å². The number of nitrogens with one attached hydrogen (secondary N) is 1. The number of hydrogen-bond donors (Lipinski definition) is 1. The van der Waals surface area contributed by atoms with Gasteiger partial charge in [0.15, 0.2) is 4.90 Å². The highest BCUT2D eigenvalue weighted by molar-refractivity contribution is 7.93. The van der Waals surface area contributed by atoms with Gasteiger partial charge in [-0.15, -0.1) is 0 Å². The van der Waals surface area contributed by atoms with Gasteiger partial charge in [-0.1, -0.05) is 42.5 Å². The Morgan fingerprint density at radius 1 is 1.03 bits per heavy atom. The van der Waals surface area contributed by atoms with Crippen molar-refractivity contribution < 1.29 is 22.5 Å². The molecule has 3 rings (SSSR count). The van der Waals surface area contributed by atoms with E-state index >= 15 is 0 Å². The fourth-order valence-corrected chi connectivity index (χ4v) is 4.33. The average molecular weight is 456 g/mol. The monoisotopic (exact) mass is 456 g/mol. The summed E-state index contributed by atoms with van der Waals surface area (Å²) in [6.07, 6.45) is 1.26. The number of nitro groups is 1. The molecule has 0 bridgehead atoms. The molecule has 0 aliphatic rings. The lowest BCUT2D eigenvalue weighted by Gasteiger charge is -2.23. The smallest absolute Gasteiger partial charge is 0.271 e. The number of hydrazone groups is 1. The molecule has 1 amide bonds. The molecule has 9 nitrogen and oxygen atoms in total. The second-order valence-electron chi connectivity index (χ2n) is 6.42. The molecule has 11 heteroatoms. The summed E-state index contributed by atoms with van der Waals surface area (Å²) in [5.74, 6) is -1.21. The van der Waals surface area contributed by atoms with Gasteiger partial charge in [0.05, 0.1) is 16.8 Å². The number of carbonyl (C=O) groups is 1. The van der Waals surface area contributed by atoms with E-state index in [1.165, 1.54) is 54.7 Å². The van der Waals surface area contributed by atoms with E-state index < -0.39 is 43.8 Å². The van der Waals surface area contributed by atoms with Crippen LogP contribution in [0, 0.1) is 15.9 Å². The van der Waals surface area contributed by atoms with E-state index in [-0.39, 0.29) is 5.69 Å². The van der Waals surface area contributed by atoms with E-state index in [1.54, 1.807) is 18.2 Å². The predicted octanol–water partition coefficient (Wildman–Crippen LogP) is 3.08. The van der Waals surface area contributed by atoms with Crippen LogP contribution >= 0.6 is 0 Å². The molecule has 3 aromatic carbocycles. The number of hydrogen-bond acceptors (Lipinski definition) is 6. The van der Waals surface area contributed by atoms with Crippen LogP contribution in [0.2, 0.25) is 0 Å². The summed E-state index contributed by atoms with van der Waals surface area (Å²) in [7, 11) is -4.47. The largest absolute Gasteiger partial charge is 0.289 e. The third-order valence-electron chi connectivity index (χ3n) is 4.23. The van der Waals surface area contributed by atoms with Crippen LogP contribution in [0.15, 0.2) is 88.9 Å². The highest BCUT2D eigenvalue weighted by Gasteiger charge is 2.32. The molecule has 0 aromatic heterocycles. The molecule has 0 saturated heterocycles. The van der Waals surface area contributed by atoms with E-state index in [4.69, 9.17) is 0 Å². The summed E-state index contributed by atoms with van der Waals surface area (Å²) >= 11 is 0. The third kappa shape index (κ3) is 5.32. The van der Waals surface area contributed by atoms with Crippen LogP contribution in [-0.2, 0) is 14.8 Å². The summed E-state index contributed by atoms with van der Waals surface area (Å²) in [6.45, 7) is -0.681. The molecule has 0 aliphatic heterocycles. The van der Waals surface area contributed by atoms with Gasteiger partial charge in [0, 0.05) is 6.07 Å². The lowest BCUT2D eigenvalue weighted by atomic mass is 10.2. The molecule has 0 unspecified atom stereocenters. The molecule has 164 valence electrons. The van der Waals surface area contributed by atoms with Crippen molar-refractivity contribution in [2.24, 2.45) is 5.10 Å². The van der Waals surface area contributed by atoms with Gasteiger partial charge in [0.1, 0.15) is 12.4 Å². The molecular weight excluding hydrogens is 439 g/mol. The number of halogens is 1. The van der Waals surface area contributed by atoms with Crippen molar-refractivity contribution in [3.63, 3.8) is 0 Å². The lowest BCUT2D eigenvalue weighted by molar-refractivity contribution is -0.387. The van der Waals surface area contributed by atoms with Crippen molar-refractivity contribution in [1.29, 1.82) is 0 Å². The zero-order valence-electron chi connectivity index (χ0n) is 16.5. The van der Waals surface area contributed by atoms with E-state index in [0.717, 1.165) is 16.4 Å². The Kier molecular flexibility index (Phi) is 6.90. The minimum atomic E-state index is -4.47. The second-order valence-corrected chi connectivity index (χ2v) is 8.25. The first-order chi connectivity index (χ1) is 15.3. The fourth-order valence-electron chi connectivity index (χ4n) is 2.75. The number of nitro benzene ring substituents is 1. The summed E-state index contributed by atoms with van der Waals surface area (Å²) in [5.41, 5.74) is 2.25. The van der Waals surface area contributed by atoms with Crippen LogP contribution in [0.5, 0.6) is 0 Å². The fraction of sp³-hybridized carbons (Fsp3) is 0.0476. The number of benzene rings is 3. The van der Waals surface area contributed by atoms with Crippen molar-refractivity contribution >= 4 is 33.5 Å². The van der Waals surface area contributed by atoms with Crippen LogP contribution in [-0.4, -0.2) is 32.0 Å². The Bertz CT molecular complexity index is 1250. The molecule has 32 heavy (non-hydrogen) atoms. The summed E-state index contributed by atoms with van der Waals surface area (Å²) in [4.78, 5) is 22.4. The number of nitrogens with zero attached hydrogens (tertiary/aromatic N) is 3. The number of carbonyl (C=O) groups excluding carboxylic acids is 1. The third-order valence-corrected chi connectivity index (χ3v) is 6.06. The van der Waals surface area contributed by atoms with E-state index in [0.29, 0.717) is 5.56 Å². The Hall–Kier alpha value is -4.12. The highest BCUT2D eigenvalue weighted by atomic mass is 32.2. The number of para-hydroxylation sites is 2. The number of anilines is 1. The van der Waals surface area contributed by atoms with Gasteiger partial charge in [-0.2, -0.15) is 5.10 Å². The standard InChI is InChI=1S/C21H17FN4O5S/c22-17-12-10-16(11-13-17)14-23-24-21(27)15-25(18-6-2-1-3-7-18)32(30,31)20-9-5-4-8-19(20)26(28)29/h1-14H,15H2,(H,24,27)/b23-14-. The van der Waals surface area contributed by atoms with Crippen LogP contribution < -0.4 is 9.73 Å². The van der Waals surface area contributed by atoms with Crippen molar-refractivity contribution in [3.05, 3.63) is 100 Å². The van der Waals surface area contributed by atoms with Crippen LogP contribution in [0.4, 0.5) is 15.8 Å². The first-order valence-electron chi connectivity index (χ1n) is 9.18. The Labute approximate surface area is 183 Å². The maximum atomic E-state index is 13.3. The van der Waals surface area contributed by atoms with E-state index in [1.807, 2.05) is 0 Å². The van der Waals surface area contributed by atoms with Crippen molar-refractivity contribution in [1.82, 2.24) is 5.43 Å². The summed E-state index contributed by atoms with van der Waals surface area (Å²) in [5, 5.41) is 15.1. The first kappa shape index (κ1) is 22.6. The second kappa shape index (κ2) is 9.79. The highest BCUT2D eigenvalue weighted by Crippen LogP contribution is 2.29. The van der Waals surface area contributed by atoms with E-state index in [9.17, 15) is 27.7 Å². The van der Waals surface area contributed by atoms with Crippen LogP contribution in [0.3, 0.4) is 0 Å². The molecule has 3 aromatic rings. The summed E-state index contributed by atoms with van der Waals surface area (Å²) in [6, 6.07) is 17.9. The maximum absolute atomic E-state index is 13.3. The average Bonchev–Trinajstić information content (AvgIpc) is 2.79. The minimum Gasteiger partial charge on any atom is -0.271 e. The van der Waals surface area contributed by atoms with Gasteiger partial charge in [0.2, 0.25) is 0 Å². The van der Waals surface area contributed by atoms with Crippen molar-refractivity contribution in [2.75, 3.05) is 10.8 Å². The van der Waals surface area contributed by atoms with Crippen molar-refractivity contribution in [2.45, 2.75) is 4.90 Å². The van der Waals surface area contributed by atoms with Crippen LogP contribution in [0.1, 0.15) is 5.56 Å². The molecular formula is C21H17FN4O5S. The Morgan fingerprint density at radius 3 is 2.31 bits per heavy atom. The van der Waals surface area contributed by atoms with Gasteiger partial charge in [-0.05, 0) is 35.9 Å². The molecule has 0 aliphatic carbocycles. The quantitative estimate of drug-likeness (QED) is 0.317. The zero-order chi connectivity index (χ0) is 23.1. The van der Waals surface area contributed by atoms with Gasteiger partial charge in [-0.25, -0.2) is 18.2 Å². The Morgan fingerprint density at radius 2 is 1.66 bits per heavy atom. The molecule has 0 atom stereocenters. The normalized spacial score (nSPS) is 11.3. The Balaban J connectivity index is 1.88. The molecule has 1 N–H and O–H groups in total. The molecule has 0 spiro atoms. The van der Waals surface area contributed by atoms with Gasteiger partial charge >= 0.3 is 0 Å². The number of sulfonamides is 1. The van der Waals surface area contributed by atoms with Gasteiger partial charge in [0.25, 0.3) is 21.6 Å². The molecule has 0 saturated carbocycles. The van der Waals surface area contributed by atoms with Gasteiger partial charge < -0.3 is 0 Å². The van der Waals surface area contributed by atoms with Gasteiger partial charge in [-0.3, -0.25) is 19.2 Å². The SMILES string of the molecule is O=C(CN(c1ccccc1)S(=O)(=O)c1ccccc1[N+](=O)[O-])N/N=C\c1ccc(F)cc1. The minimum absolute atomic E-state index is 0.142.